The molecule has 0 aromatic heterocycles. The van der Waals surface area contributed by atoms with E-state index in [9.17, 15) is 19.2 Å². The molecule has 0 bridgehead atoms. The van der Waals surface area contributed by atoms with Gasteiger partial charge in [-0.3, -0.25) is 14.4 Å². The molecule has 148 valence electrons. The number of carbonyl (C=O) groups is 4. The van der Waals surface area contributed by atoms with E-state index in [1.807, 2.05) is 0 Å². The highest BCUT2D eigenvalue weighted by Gasteiger charge is 2.40. The molecule has 2 aromatic rings. The number of thioether (sulfide) groups is 1. The summed E-state index contributed by atoms with van der Waals surface area (Å²) in [4.78, 5) is 48.9. The third-order valence-corrected chi connectivity index (χ3v) is 5.42. The van der Waals surface area contributed by atoms with Crippen LogP contribution in [0.2, 0.25) is 5.02 Å². The third kappa shape index (κ3) is 5.24. The number of carboxylic acids is 1. The molecule has 0 radical (unpaired) electrons. The van der Waals surface area contributed by atoms with E-state index < -0.39 is 17.1 Å². The highest BCUT2D eigenvalue weighted by molar-refractivity contribution is 8.00. The van der Waals surface area contributed by atoms with Crippen LogP contribution in [0.4, 0.5) is 11.4 Å². The molecule has 29 heavy (non-hydrogen) atoms. The third-order valence-electron chi connectivity index (χ3n) is 3.97. The second kappa shape index (κ2) is 8.93. The molecular weight excluding hydrogens is 416 g/mol. The average Bonchev–Trinajstić information content (AvgIpc) is 2.96. The Hall–Kier alpha value is -3.10. The fourth-order valence-electron chi connectivity index (χ4n) is 2.67. The van der Waals surface area contributed by atoms with Crippen LogP contribution in [0.25, 0.3) is 0 Å². The van der Waals surface area contributed by atoms with E-state index in [0.29, 0.717) is 16.4 Å². The van der Waals surface area contributed by atoms with E-state index in [4.69, 9.17) is 16.7 Å². The lowest BCUT2D eigenvalue weighted by molar-refractivity contribution is -0.131. The second-order valence-electron chi connectivity index (χ2n) is 6.04. The summed E-state index contributed by atoms with van der Waals surface area (Å²) in [5.41, 5.74) is 0.964. The summed E-state index contributed by atoms with van der Waals surface area (Å²) >= 11 is 7.12. The predicted octanol–water partition coefficient (Wildman–Crippen LogP) is 3.34. The fraction of sp³-hybridized carbons (Fsp3) is 0.100. The fourth-order valence-corrected chi connectivity index (χ4v) is 3.85. The smallest absolute Gasteiger partial charge is 0.328 e. The number of halogens is 1. The number of imide groups is 1. The quantitative estimate of drug-likeness (QED) is 0.538. The Bertz CT molecular complexity index is 989. The number of hydrogen-bond donors (Lipinski definition) is 2. The van der Waals surface area contributed by atoms with Gasteiger partial charge in [0.2, 0.25) is 17.7 Å². The van der Waals surface area contributed by atoms with Crippen LogP contribution in [0.1, 0.15) is 6.42 Å². The van der Waals surface area contributed by atoms with E-state index in [1.165, 1.54) is 11.8 Å². The average molecular weight is 431 g/mol. The molecule has 9 heteroatoms. The van der Waals surface area contributed by atoms with Gasteiger partial charge in [-0.2, -0.15) is 0 Å². The molecule has 2 aromatic carbocycles. The van der Waals surface area contributed by atoms with Gasteiger partial charge in [0.1, 0.15) is 0 Å². The Morgan fingerprint density at radius 3 is 2.34 bits per heavy atom. The maximum absolute atomic E-state index is 12.7. The van der Waals surface area contributed by atoms with Crippen LogP contribution in [0.15, 0.2) is 65.6 Å². The zero-order valence-electron chi connectivity index (χ0n) is 14.9. The lowest BCUT2D eigenvalue weighted by Crippen LogP contribution is -2.31. The molecule has 1 fully saturated rings. The number of carboxylic acid groups (broad SMARTS) is 1. The van der Waals surface area contributed by atoms with Crippen molar-refractivity contribution in [2.75, 3.05) is 10.2 Å². The molecule has 1 atom stereocenters. The van der Waals surface area contributed by atoms with E-state index in [2.05, 4.69) is 5.32 Å². The molecule has 0 aliphatic carbocycles. The number of hydrogen-bond acceptors (Lipinski definition) is 5. The van der Waals surface area contributed by atoms with E-state index >= 15 is 0 Å². The van der Waals surface area contributed by atoms with Crippen molar-refractivity contribution in [2.45, 2.75) is 16.6 Å². The number of carbonyl (C=O) groups excluding carboxylic acids is 3. The van der Waals surface area contributed by atoms with Crippen molar-refractivity contribution in [3.63, 3.8) is 0 Å². The summed E-state index contributed by atoms with van der Waals surface area (Å²) in [6.45, 7) is 0. The van der Waals surface area contributed by atoms with Crippen molar-refractivity contribution >= 4 is 58.4 Å². The number of benzene rings is 2. The van der Waals surface area contributed by atoms with Gasteiger partial charge in [0.15, 0.2) is 0 Å². The summed E-state index contributed by atoms with van der Waals surface area (Å²) in [7, 11) is 0. The van der Waals surface area contributed by atoms with Crippen LogP contribution in [0.3, 0.4) is 0 Å². The molecule has 7 nitrogen and oxygen atoms in total. The molecule has 1 unspecified atom stereocenters. The Balaban J connectivity index is 1.64. The normalized spacial score (nSPS) is 16.4. The maximum Gasteiger partial charge on any atom is 0.328 e. The largest absolute Gasteiger partial charge is 0.478 e. The molecule has 1 heterocycles. The first-order valence-electron chi connectivity index (χ1n) is 8.44. The maximum atomic E-state index is 12.7. The summed E-state index contributed by atoms with van der Waals surface area (Å²) in [5.74, 6) is -2.35. The summed E-state index contributed by atoms with van der Waals surface area (Å²) in [6, 6.07) is 13.2. The monoisotopic (exact) mass is 430 g/mol. The highest BCUT2D eigenvalue weighted by Crippen LogP contribution is 2.34. The molecule has 1 saturated heterocycles. The van der Waals surface area contributed by atoms with E-state index in [0.717, 1.165) is 21.9 Å². The van der Waals surface area contributed by atoms with E-state index in [-0.39, 0.29) is 18.2 Å². The van der Waals surface area contributed by atoms with Gasteiger partial charge in [0, 0.05) is 34.2 Å². The molecule has 2 N–H and O–H groups in total. The second-order valence-corrected chi connectivity index (χ2v) is 7.75. The van der Waals surface area contributed by atoms with Crippen molar-refractivity contribution in [2.24, 2.45) is 0 Å². The minimum Gasteiger partial charge on any atom is -0.478 e. The van der Waals surface area contributed by atoms with Crippen LogP contribution in [0, 0.1) is 0 Å². The molecule has 1 aliphatic rings. The zero-order valence-corrected chi connectivity index (χ0v) is 16.4. The Morgan fingerprint density at radius 1 is 1.07 bits per heavy atom. The van der Waals surface area contributed by atoms with Crippen molar-refractivity contribution < 1.29 is 24.3 Å². The summed E-state index contributed by atoms with van der Waals surface area (Å²) < 4.78 is 0. The molecule has 0 spiro atoms. The molecule has 1 aliphatic heterocycles. The molecule has 0 saturated carbocycles. The minimum absolute atomic E-state index is 0.0879. The number of aliphatic carboxylic acids is 1. The van der Waals surface area contributed by atoms with Crippen LogP contribution in [0.5, 0.6) is 0 Å². The van der Waals surface area contributed by atoms with Gasteiger partial charge in [-0.1, -0.05) is 11.6 Å². The number of amides is 3. The van der Waals surface area contributed by atoms with Crippen LogP contribution < -0.4 is 10.2 Å². The number of nitrogens with zero attached hydrogens (tertiary/aromatic N) is 1. The molecule has 3 rings (SSSR count). The SMILES string of the molecule is O=C(O)/C=C/C(=O)Nc1ccc(SC2CC(=O)N(c3ccc(Cl)cc3)C2=O)cc1. The van der Waals surface area contributed by atoms with Gasteiger partial charge >= 0.3 is 5.97 Å². The van der Waals surface area contributed by atoms with Crippen LogP contribution in [-0.2, 0) is 19.2 Å². The standard InChI is InChI=1S/C20H15ClN2O5S/c21-12-1-5-14(6-2-12)23-18(25)11-16(20(23)28)29-15-7-3-13(4-8-15)22-17(24)9-10-19(26)27/h1-10,16H,11H2,(H,22,24)(H,26,27)/b10-9+. The van der Waals surface area contributed by atoms with Gasteiger partial charge in [0.05, 0.1) is 10.9 Å². The lowest BCUT2D eigenvalue weighted by Gasteiger charge is -2.15. The van der Waals surface area contributed by atoms with Crippen LogP contribution >= 0.6 is 23.4 Å². The van der Waals surface area contributed by atoms with Gasteiger partial charge < -0.3 is 10.4 Å². The number of nitrogens with one attached hydrogen (secondary N) is 1. The number of anilines is 2. The van der Waals surface area contributed by atoms with Gasteiger partial charge in [-0.15, -0.1) is 11.8 Å². The Kier molecular flexibility index (Phi) is 6.36. The first-order chi connectivity index (χ1) is 13.8. The first kappa shape index (κ1) is 20.6. The predicted molar refractivity (Wildman–Crippen MR) is 110 cm³/mol. The zero-order chi connectivity index (χ0) is 21.0. The van der Waals surface area contributed by atoms with E-state index in [1.54, 1.807) is 48.5 Å². The minimum atomic E-state index is -1.21. The van der Waals surface area contributed by atoms with Crippen molar-refractivity contribution in [1.82, 2.24) is 0 Å². The first-order valence-corrected chi connectivity index (χ1v) is 9.70. The van der Waals surface area contributed by atoms with Crippen molar-refractivity contribution in [3.05, 3.63) is 65.7 Å². The topological polar surface area (TPSA) is 104 Å². The lowest BCUT2D eigenvalue weighted by atomic mass is 10.3. The molecule has 3 amide bonds. The molecular formula is C20H15ClN2O5S. The highest BCUT2D eigenvalue weighted by atomic mass is 35.5. The van der Waals surface area contributed by atoms with Crippen LogP contribution in [-0.4, -0.2) is 34.0 Å². The summed E-state index contributed by atoms with van der Waals surface area (Å²) in [6.07, 6.45) is 1.75. The van der Waals surface area contributed by atoms with Gasteiger partial charge in [-0.25, -0.2) is 9.69 Å². The summed E-state index contributed by atoms with van der Waals surface area (Å²) in [5, 5.41) is 11.0. The van der Waals surface area contributed by atoms with Gasteiger partial charge in [0.25, 0.3) is 0 Å². The van der Waals surface area contributed by atoms with Crippen molar-refractivity contribution in [1.29, 1.82) is 0 Å². The Morgan fingerprint density at radius 2 is 1.72 bits per heavy atom. The Labute approximate surface area is 175 Å². The van der Waals surface area contributed by atoms with Gasteiger partial charge in [-0.05, 0) is 48.5 Å². The van der Waals surface area contributed by atoms with Crippen molar-refractivity contribution in [3.8, 4) is 0 Å². The number of rotatable bonds is 6.